The van der Waals surface area contributed by atoms with Crippen LogP contribution in [0, 0.1) is 22.7 Å². The minimum atomic E-state index is -0.851. The van der Waals surface area contributed by atoms with Crippen molar-refractivity contribution in [3.63, 3.8) is 0 Å². The minimum absolute atomic E-state index is 0.146. The van der Waals surface area contributed by atoms with Gasteiger partial charge in [-0.1, -0.05) is 30.3 Å². The molecule has 2 heterocycles. The number of amides is 1. The maximum absolute atomic E-state index is 12.2. The van der Waals surface area contributed by atoms with Crippen molar-refractivity contribution in [3.8, 4) is 23.5 Å². The predicted molar refractivity (Wildman–Crippen MR) is 78.9 cm³/mol. The first kappa shape index (κ1) is 14.5. The van der Waals surface area contributed by atoms with E-state index in [1.807, 2.05) is 6.07 Å². The van der Waals surface area contributed by atoms with E-state index in [4.69, 9.17) is 10.5 Å². The van der Waals surface area contributed by atoms with Gasteiger partial charge in [0.25, 0.3) is 5.91 Å². The number of aromatic nitrogens is 3. The van der Waals surface area contributed by atoms with E-state index >= 15 is 0 Å². The molecule has 1 N–H and O–H groups in total. The molecule has 0 atom stereocenters. The molecule has 0 unspecified atom stereocenters. The number of carbonyl (C=O) groups excluding carboxylic acids is 2. The average Bonchev–Trinajstić information content (AvgIpc) is 2.90. The van der Waals surface area contributed by atoms with Gasteiger partial charge in [0.1, 0.15) is 23.3 Å². The number of carbonyl (C=O) groups is 2. The number of nitriles is 2. The molecule has 23 heavy (non-hydrogen) atoms. The van der Waals surface area contributed by atoms with Crippen LogP contribution in [-0.2, 0) is 9.59 Å². The van der Waals surface area contributed by atoms with Gasteiger partial charge in [0.15, 0.2) is 5.82 Å². The van der Waals surface area contributed by atoms with Gasteiger partial charge in [-0.15, -0.1) is 10.2 Å². The zero-order valence-corrected chi connectivity index (χ0v) is 12.2. The van der Waals surface area contributed by atoms with Crippen LogP contribution >= 0.6 is 11.8 Å². The molecule has 0 spiro atoms. The highest BCUT2D eigenvalue weighted by Crippen LogP contribution is 2.28. The number of benzene rings is 1. The normalized spacial score (nSPS) is 13.4. The van der Waals surface area contributed by atoms with Crippen molar-refractivity contribution in [2.24, 2.45) is 0 Å². The summed E-state index contributed by atoms with van der Waals surface area (Å²) in [7, 11) is 0. The molecule has 9 heteroatoms. The van der Waals surface area contributed by atoms with E-state index in [9.17, 15) is 9.59 Å². The summed E-state index contributed by atoms with van der Waals surface area (Å²) in [6.45, 7) is 0. The van der Waals surface area contributed by atoms with Gasteiger partial charge in [-0.2, -0.15) is 10.5 Å². The average molecular weight is 322 g/mol. The quantitative estimate of drug-likeness (QED) is 0.471. The van der Waals surface area contributed by atoms with E-state index in [0.717, 1.165) is 0 Å². The molecule has 3 rings (SSSR count). The van der Waals surface area contributed by atoms with Gasteiger partial charge in [0.2, 0.25) is 10.3 Å². The molecule has 1 aliphatic rings. The molecular formula is C14H6N6O2S. The van der Waals surface area contributed by atoms with Crippen molar-refractivity contribution >= 4 is 22.8 Å². The Hall–Kier alpha value is -3.43. The van der Waals surface area contributed by atoms with Crippen LogP contribution in [0.3, 0.4) is 0 Å². The first-order valence-electron chi connectivity index (χ1n) is 6.24. The van der Waals surface area contributed by atoms with Crippen molar-refractivity contribution in [1.29, 1.82) is 10.5 Å². The molecule has 1 aliphatic heterocycles. The lowest BCUT2D eigenvalue weighted by molar-refractivity contribution is -0.116. The van der Waals surface area contributed by atoms with Crippen LogP contribution in [0.4, 0.5) is 0 Å². The summed E-state index contributed by atoms with van der Waals surface area (Å²) < 4.78 is 1.26. The fourth-order valence-electron chi connectivity index (χ4n) is 1.95. The van der Waals surface area contributed by atoms with Gasteiger partial charge in [-0.3, -0.25) is 15.0 Å². The summed E-state index contributed by atoms with van der Waals surface area (Å²) >= 11 is 0.626. The lowest BCUT2D eigenvalue weighted by Gasteiger charge is -2.07. The highest BCUT2D eigenvalue weighted by Gasteiger charge is 2.32. The summed E-state index contributed by atoms with van der Waals surface area (Å²) in [6, 6.07) is 12.1. The lowest BCUT2D eigenvalue weighted by atomic mass is 10.1. The van der Waals surface area contributed by atoms with E-state index in [1.165, 1.54) is 4.68 Å². The Bertz CT molecular complexity index is 916. The molecule has 0 aliphatic carbocycles. The molecule has 110 valence electrons. The van der Waals surface area contributed by atoms with Gasteiger partial charge in [0, 0.05) is 5.56 Å². The number of thioether (sulfide) groups is 1. The second-order valence-electron chi connectivity index (χ2n) is 4.31. The van der Waals surface area contributed by atoms with Crippen molar-refractivity contribution in [2.75, 3.05) is 5.43 Å². The largest absolute Gasteiger partial charge is 0.281 e. The van der Waals surface area contributed by atoms with Gasteiger partial charge in [0.05, 0.1) is 0 Å². The molecule has 0 fully saturated rings. The van der Waals surface area contributed by atoms with Crippen LogP contribution in [0.25, 0.3) is 11.4 Å². The summed E-state index contributed by atoms with van der Waals surface area (Å²) in [4.78, 5) is 24.4. The van der Waals surface area contributed by atoms with E-state index in [0.29, 0.717) is 23.1 Å². The van der Waals surface area contributed by atoms with Crippen LogP contribution in [-0.4, -0.2) is 25.9 Å². The van der Waals surface area contributed by atoms with Crippen LogP contribution in [0.5, 0.6) is 0 Å². The van der Waals surface area contributed by atoms with Crippen molar-refractivity contribution < 1.29 is 9.59 Å². The molecule has 0 radical (unpaired) electrons. The van der Waals surface area contributed by atoms with Crippen molar-refractivity contribution in [3.05, 3.63) is 41.5 Å². The molecule has 0 bridgehead atoms. The number of rotatable bonds is 1. The lowest BCUT2D eigenvalue weighted by Crippen LogP contribution is -2.26. The fourth-order valence-corrected chi connectivity index (χ4v) is 2.72. The smallest absolute Gasteiger partial charge is 0.276 e. The van der Waals surface area contributed by atoms with Crippen LogP contribution in [0.1, 0.15) is 0 Å². The Morgan fingerprint density at radius 2 is 1.83 bits per heavy atom. The predicted octanol–water partition coefficient (Wildman–Crippen LogP) is 0.991. The van der Waals surface area contributed by atoms with Crippen LogP contribution < -0.4 is 5.43 Å². The number of hydrogen-bond acceptors (Lipinski definition) is 7. The van der Waals surface area contributed by atoms with E-state index < -0.39 is 22.2 Å². The summed E-state index contributed by atoms with van der Waals surface area (Å²) in [6.07, 6.45) is 0. The molecule has 1 amide bonds. The molecule has 1 aromatic heterocycles. The van der Waals surface area contributed by atoms with Crippen LogP contribution in [0.15, 0.2) is 46.6 Å². The highest BCUT2D eigenvalue weighted by atomic mass is 32.2. The summed E-state index contributed by atoms with van der Waals surface area (Å²) in [5.41, 5.74) is 2.10. The first-order chi connectivity index (χ1) is 11.2. The molecular weight excluding hydrogens is 316 g/mol. The number of fused-ring (bicyclic) bond motifs is 1. The van der Waals surface area contributed by atoms with E-state index in [1.54, 1.807) is 36.4 Å². The Balaban J connectivity index is 2.12. The van der Waals surface area contributed by atoms with Crippen molar-refractivity contribution in [2.45, 2.75) is 5.16 Å². The van der Waals surface area contributed by atoms with E-state index in [2.05, 4.69) is 15.6 Å². The number of nitrogens with zero attached hydrogens (tertiary/aromatic N) is 5. The summed E-state index contributed by atoms with van der Waals surface area (Å²) in [5.74, 6) is -0.512. The fraction of sp³-hybridized carbons (Fsp3) is 0. The third-order valence-corrected chi connectivity index (χ3v) is 3.80. The Labute approximate surface area is 134 Å². The monoisotopic (exact) mass is 322 g/mol. The summed E-state index contributed by atoms with van der Waals surface area (Å²) in [5, 5.41) is 25.1. The van der Waals surface area contributed by atoms with Gasteiger partial charge < -0.3 is 0 Å². The molecule has 2 aromatic rings. The number of allylic oxidation sites excluding steroid dienone is 1. The second kappa shape index (κ2) is 5.75. The van der Waals surface area contributed by atoms with Gasteiger partial charge >= 0.3 is 0 Å². The van der Waals surface area contributed by atoms with Gasteiger partial charge in [-0.25, -0.2) is 4.68 Å². The molecule has 0 saturated carbocycles. The standard InChI is InChI=1S/C14H6N6O2S/c15-6-9(7-16)10-12(21)19-20-11(8-4-2-1-3-5-8)17-18-14(20)23-13(10)22/h1-5H,(H,19,21). The maximum Gasteiger partial charge on any atom is 0.276 e. The molecule has 0 saturated heterocycles. The Kier molecular flexibility index (Phi) is 3.63. The number of hydrogen-bond donors (Lipinski definition) is 1. The molecule has 1 aromatic carbocycles. The zero-order valence-electron chi connectivity index (χ0n) is 11.3. The third kappa shape index (κ3) is 2.46. The zero-order chi connectivity index (χ0) is 16.4. The second-order valence-corrected chi connectivity index (χ2v) is 5.25. The maximum atomic E-state index is 12.2. The first-order valence-corrected chi connectivity index (χ1v) is 7.06. The highest BCUT2D eigenvalue weighted by molar-refractivity contribution is 8.14. The van der Waals surface area contributed by atoms with E-state index in [-0.39, 0.29) is 5.16 Å². The topological polar surface area (TPSA) is 124 Å². The SMILES string of the molecule is N#CC(C#N)=C1C(=O)Nn2c(nnc2-c2ccccc2)SC1=O. The molecule has 8 nitrogen and oxygen atoms in total. The Morgan fingerprint density at radius 1 is 1.13 bits per heavy atom. The Morgan fingerprint density at radius 3 is 2.48 bits per heavy atom. The third-order valence-electron chi connectivity index (χ3n) is 2.97. The van der Waals surface area contributed by atoms with Crippen molar-refractivity contribution in [1.82, 2.24) is 14.9 Å². The number of nitrogens with one attached hydrogen (secondary N) is 1. The minimum Gasteiger partial charge on any atom is -0.281 e. The van der Waals surface area contributed by atoms with Crippen LogP contribution in [0.2, 0.25) is 0 Å². The van der Waals surface area contributed by atoms with Gasteiger partial charge in [-0.05, 0) is 11.8 Å².